The van der Waals surface area contributed by atoms with Crippen molar-refractivity contribution in [3.05, 3.63) is 42.4 Å². The Bertz CT molecular complexity index is 718. The molecule has 6 nitrogen and oxygen atoms in total. The summed E-state index contributed by atoms with van der Waals surface area (Å²) in [4.78, 5) is 23.4. The Labute approximate surface area is 148 Å². The summed E-state index contributed by atoms with van der Waals surface area (Å²) in [5.41, 5.74) is 0.921. The fourth-order valence-corrected chi connectivity index (χ4v) is 3.04. The van der Waals surface area contributed by atoms with Gasteiger partial charge in [-0.15, -0.1) is 0 Å². The van der Waals surface area contributed by atoms with Crippen molar-refractivity contribution >= 4 is 17.4 Å². The van der Waals surface area contributed by atoms with E-state index in [4.69, 9.17) is 4.74 Å². The second-order valence-corrected chi connectivity index (χ2v) is 6.34. The van der Waals surface area contributed by atoms with E-state index >= 15 is 0 Å². The SMILES string of the molecule is CCOc1ccccc1NC(=O)c1cnc(N2CCCC(C)C2)cn1. The number of hydrogen-bond donors (Lipinski definition) is 1. The van der Waals surface area contributed by atoms with Gasteiger partial charge >= 0.3 is 0 Å². The van der Waals surface area contributed by atoms with Crippen LogP contribution in [0.5, 0.6) is 5.75 Å². The number of anilines is 2. The predicted octanol–water partition coefficient (Wildman–Crippen LogP) is 3.36. The van der Waals surface area contributed by atoms with E-state index in [9.17, 15) is 4.79 Å². The maximum atomic E-state index is 12.4. The van der Waals surface area contributed by atoms with Crippen LogP contribution in [0.4, 0.5) is 11.5 Å². The van der Waals surface area contributed by atoms with Crippen LogP contribution in [-0.4, -0.2) is 35.6 Å². The minimum atomic E-state index is -0.293. The number of para-hydroxylation sites is 2. The molecule has 1 aliphatic rings. The molecule has 0 spiro atoms. The molecular formula is C19H24N4O2. The molecule has 2 aromatic rings. The van der Waals surface area contributed by atoms with Gasteiger partial charge in [-0.2, -0.15) is 0 Å². The zero-order chi connectivity index (χ0) is 17.6. The van der Waals surface area contributed by atoms with E-state index in [1.165, 1.54) is 19.0 Å². The summed E-state index contributed by atoms with van der Waals surface area (Å²) >= 11 is 0. The Morgan fingerprint density at radius 3 is 2.88 bits per heavy atom. The highest BCUT2D eigenvalue weighted by atomic mass is 16.5. The van der Waals surface area contributed by atoms with Crippen LogP contribution in [0, 0.1) is 5.92 Å². The average molecular weight is 340 g/mol. The van der Waals surface area contributed by atoms with Gasteiger partial charge in [0.25, 0.3) is 5.91 Å². The van der Waals surface area contributed by atoms with Crippen molar-refractivity contribution in [3.8, 4) is 5.75 Å². The third kappa shape index (κ3) is 4.26. The van der Waals surface area contributed by atoms with Crippen LogP contribution in [0.1, 0.15) is 37.2 Å². The van der Waals surface area contributed by atoms with Crippen molar-refractivity contribution < 1.29 is 9.53 Å². The monoisotopic (exact) mass is 340 g/mol. The van der Waals surface area contributed by atoms with Crippen molar-refractivity contribution in [2.45, 2.75) is 26.7 Å². The van der Waals surface area contributed by atoms with Crippen molar-refractivity contribution in [3.63, 3.8) is 0 Å². The first-order valence-electron chi connectivity index (χ1n) is 8.77. The van der Waals surface area contributed by atoms with Crippen LogP contribution in [0.3, 0.4) is 0 Å². The van der Waals surface area contributed by atoms with Crippen LogP contribution in [-0.2, 0) is 0 Å². The Morgan fingerprint density at radius 1 is 1.32 bits per heavy atom. The normalized spacial score (nSPS) is 17.2. The van der Waals surface area contributed by atoms with Crippen molar-refractivity contribution in [2.24, 2.45) is 5.92 Å². The first-order valence-corrected chi connectivity index (χ1v) is 8.77. The maximum Gasteiger partial charge on any atom is 0.275 e. The van der Waals surface area contributed by atoms with Gasteiger partial charge in [-0.25, -0.2) is 9.97 Å². The Morgan fingerprint density at radius 2 is 2.16 bits per heavy atom. The molecule has 1 N–H and O–H groups in total. The van der Waals surface area contributed by atoms with Gasteiger partial charge in [-0.3, -0.25) is 4.79 Å². The summed E-state index contributed by atoms with van der Waals surface area (Å²) in [6.45, 7) is 6.67. The number of carbonyl (C=O) groups is 1. The van der Waals surface area contributed by atoms with E-state index < -0.39 is 0 Å². The largest absolute Gasteiger partial charge is 0.492 e. The number of nitrogens with zero attached hydrogens (tertiary/aromatic N) is 3. The molecule has 0 aliphatic carbocycles. The van der Waals surface area contributed by atoms with Gasteiger partial charge in [0.05, 0.1) is 24.7 Å². The number of benzene rings is 1. The fourth-order valence-electron chi connectivity index (χ4n) is 3.04. The van der Waals surface area contributed by atoms with Gasteiger partial charge in [0.1, 0.15) is 17.3 Å². The minimum Gasteiger partial charge on any atom is -0.492 e. The Hall–Kier alpha value is -2.63. The van der Waals surface area contributed by atoms with E-state index in [0.717, 1.165) is 18.9 Å². The number of aromatic nitrogens is 2. The number of ether oxygens (including phenoxy) is 1. The lowest BCUT2D eigenvalue weighted by Gasteiger charge is -2.31. The molecule has 3 rings (SSSR count). The lowest BCUT2D eigenvalue weighted by molar-refractivity contribution is 0.102. The second-order valence-electron chi connectivity index (χ2n) is 6.34. The van der Waals surface area contributed by atoms with Crippen LogP contribution in [0.15, 0.2) is 36.7 Å². The number of piperidine rings is 1. The molecule has 1 aromatic carbocycles. The summed E-state index contributed by atoms with van der Waals surface area (Å²) in [6.07, 6.45) is 5.64. The van der Waals surface area contributed by atoms with E-state index in [-0.39, 0.29) is 5.91 Å². The van der Waals surface area contributed by atoms with Crippen molar-refractivity contribution in [2.75, 3.05) is 29.9 Å². The number of hydrogen-bond acceptors (Lipinski definition) is 5. The zero-order valence-corrected chi connectivity index (χ0v) is 14.7. The molecular weight excluding hydrogens is 316 g/mol. The quantitative estimate of drug-likeness (QED) is 0.904. The molecule has 0 radical (unpaired) electrons. The molecule has 1 aliphatic heterocycles. The first-order chi connectivity index (χ1) is 12.2. The van der Waals surface area contributed by atoms with Crippen molar-refractivity contribution in [1.82, 2.24) is 9.97 Å². The molecule has 25 heavy (non-hydrogen) atoms. The third-order valence-electron chi connectivity index (χ3n) is 4.29. The fraction of sp³-hybridized carbons (Fsp3) is 0.421. The highest BCUT2D eigenvalue weighted by Gasteiger charge is 2.18. The number of carbonyl (C=O) groups excluding carboxylic acids is 1. The molecule has 2 heterocycles. The van der Waals surface area contributed by atoms with Gasteiger partial charge in [0.15, 0.2) is 0 Å². The summed E-state index contributed by atoms with van der Waals surface area (Å²) in [5, 5.41) is 2.84. The highest BCUT2D eigenvalue weighted by molar-refractivity contribution is 6.03. The average Bonchev–Trinajstić information content (AvgIpc) is 2.64. The molecule has 1 amide bonds. The summed E-state index contributed by atoms with van der Waals surface area (Å²) in [6, 6.07) is 7.35. The first kappa shape index (κ1) is 17.2. The van der Waals surface area contributed by atoms with Gasteiger partial charge in [-0.1, -0.05) is 19.1 Å². The van der Waals surface area contributed by atoms with E-state index in [0.29, 0.717) is 29.7 Å². The Kier molecular flexibility index (Phi) is 5.48. The number of rotatable bonds is 5. The highest BCUT2D eigenvalue weighted by Crippen LogP contribution is 2.24. The molecule has 1 saturated heterocycles. The van der Waals surface area contributed by atoms with E-state index in [1.807, 2.05) is 25.1 Å². The maximum absolute atomic E-state index is 12.4. The lowest BCUT2D eigenvalue weighted by Crippen LogP contribution is -2.35. The van der Waals surface area contributed by atoms with Gasteiger partial charge in [0, 0.05) is 13.1 Å². The predicted molar refractivity (Wildman–Crippen MR) is 98.2 cm³/mol. The van der Waals surface area contributed by atoms with Crippen LogP contribution < -0.4 is 15.0 Å². The van der Waals surface area contributed by atoms with E-state index in [1.54, 1.807) is 12.3 Å². The van der Waals surface area contributed by atoms with Gasteiger partial charge in [-0.05, 0) is 37.8 Å². The minimum absolute atomic E-state index is 0.292. The molecule has 1 aromatic heterocycles. The van der Waals surface area contributed by atoms with Gasteiger partial charge in [0.2, 0.25) is 0 Å². The molecule has 6 heteroatoms. The molecule has 0 bridgehead atoms. The third-order valence-corrected chi connectivity index (χ3v) is 4.29. The zero-order valence-electron chi connectivity index (χ0n) is 14.7. The van der Waals surface area contributed by atoms with Gasteiger partial charge < -0.3 is 15.0 Å². The number of amides is 1. The Balaban J connectivity index is 1.69. The molecule has 1 atom stereocenters. The standard InChI is InChI=1S/C19H24N4O2/c1-3-25-17-9-5-4-8-15(17)22-19(24)16-11-21-18(12-20-16)23-10-6-7-14(2)13-23/h4-5,8-9,11-12,14H,3,6-7,10,13H2,1-2H3,(H,22,24). The van der Waals surface area contributed by atoms with Crippen molar-refractivity contribution in [1.29, 1.82) is 0 Å². The smallest absolute Gasteiger partial charge is 0.275 e. The van der Waals surface area contributed by atoms with Crippen LogP contribution in [0.2, 0.25) is 0 Å². The van der Waals surface area contributed by atoms with Crippen LogP contribution in [0.25, 0.3) is 0 Å². The molecule has 132 valence electrons. The summed E-state index contributed by atoms with van der Waals surface area (Å²) < 4.78 is 5.52. The molecule has 1 fully saturated rings. The molecule has 0 saturated carbocycles. The van der Waals surface area contributed by atoms with Crippen LogP contribution >= 0.6 is 0 Å². The van der Waals surface area contributed by atoms with E-state index in [2.05, 4.69) is 27.1 Å². The summed E-state index contributed by atoms with van der Waals surface area (Å²) in [7, 11) is 0. The topological polar surface area (TPSA) is 67.3 Å². The molecule has 1 unspecified atom stereocenters. The number of nitrogens with one attached hydrogen (secondary N) is 1. The lowest BCUT2D eigenvalue weighted by atomic mass is 10.0. The summed E-state index contributed by atoms with van der Waals surface area (Å²) in [5.74, 6) is 1.84. The second kappa shape index (κ2) is 7.96.